The Kier molecular flexibility index (Phi) is 10.4. The Morgan fingerprint density at radius 1 is 1.21 bits per heavy atom. The molecule has 0 fully saturated rings. The summed E-state index contributed by atoms with van der Waals surface area (Å²) < 4.78 is 0. The highest BCUT2D eigenvalue weighted by atomic mass is 32.2. The Morgan fingerprint density at radius 2 is 1.79 bits per heavy atom. The molecule has 3 N–H and O–H groups in total. The van der Waals surface area contributed by atoms with Crippen LogP contribution in [0.1, 0.15) is 66.2 Å². The molecule has 0 aromatic rings. The molecule has 4 heteroatoms. The van der Waals surface area contributed by atoms with Crippen LogP contribution in [0.15, 0.2) is 0 Å². The quantitative estimate of drug-likeness (QED) is 0.542. The van der Waals surface area contributed by atoms with E-state index >= 15 is 0 Å². The van der Waals surface area contributed by atoms with Gasteiger partial charge in [0.2, 0.25) is 5.91 Å². The van der Waals surface area contributed by atoms with Crippen molar-refractivity contribution in [3.63, 3.8) is 0 Å². The van der Waals surface area contributed by atoms with Gasteiger partial charge in [-0.15, -0.1) is 0 Å². The van der Waals surface area contributed by atoms with Gasteiger partial charge < -0.3 is 11.1 Å². The van der Waals surface area contributed by atoms with E-state index in [9.17, 15) is 4.79 Å². The van der Waals surface area contributed by atoms with E-state index in [0.29, 0.717) is 0 Å². The summed E-state index contributed by atoms with van der Waals surface area (Å²) >= 11 is 2.03. The van der Waals surface area contributed by atoms with E-state index in [1.54, 1.807) is 0 Å². The van der Waals surface area contributed by atoms with Crippen molar-refractivity contribution < 1.29 is 4.79 Å². The van der Waals surface area contributed by atoms with Crippen LogP contribution in [0.25, 0.3) is 0 Å². The van der Waals surface area contributed by atoms with Gasteiger partial charge in [0.15, 0.2) is 0 Å². The summed E-state index contributed by atoms with van der Waals surface area (Å²) in [5.41, 5.74) is 4.95. The molecule has 0 bridgehead atoms. The monoisotopic (exact) mass is 288 g/mol. The Hall–Kier alpha value is -0.220. The van der Waals surface area contributed by atoms with Crippen LogP contribution in [0, 0.1) is 0 Å². The molecular weight excluding hydrogens is 256 g/mol. The van der Waals surface area contributed by atoms with Crippen LogP contribution < -0.4 is 11.1 Å². The lowest BCUT2D eigenvalue weighted by Gasteiger charge is -2.29. The molecule has 0 saturated heterocycles. The molecule has 0 heterocycles. The van der Waals surface area contributed by atoms with Crippen LogP contribution in [-0.2, 0) is 4.79 Å². The summed E-state index contributed by atoms with van der Waals surface area (Å²) in [5, 5.41) is 3.29. The molecule has 114 valence electrons. The summed E-state index contributed by atoms with van der Waals surface area (Å²) in [7, 11) is 0. The predicted molar refractivity (Wildman–Crippen MR) is 86.6 cm³/mol. The van der Waals surface area contributed by atoms with Crippen LogP contribution in [0.4, 0.5) is 0 Å². The molecule has 0 radical (unpaired) electrons. The van der Waals surface area contributed by atoms with Gasteiger partial charge >= 0.3 is 0 Å². The molecule has 1 atom stereocenters. The number of nitrogens with two attached hydrogens (primary N) is 1. The van der Waals surface area contributed by atoms with Crippen LogP contribution >= 0.6 is 11.8 Å². The first-order chi connectivity index (χ1) is 8.92. The predicted octanol–water partition coefficient (Wildman–Crippen LogP) is 3.32. The number of carbonyl (C=O) groups excluding carboxylic acids is 1. The van der Waals surface area contributed by atoms with Gasteiger partial charge in [0.25, 0.3) is 0 Å². The van der Waals surface area contributed by atoms with E-state index in [-0.39, 0.29) is 11.9 Å². The van der Waals surface area contributed by atoms with Gasteiger partial charge in [-0.05, 0) is 51.5 Å². The molecular formula is C15H32N2OS. The van der Waals surface area contributed by atoms with Gasteiger partial charge in [0.05, 0.1) is 5.54 Å². The zero-order valence-corrected chi connectivity index (χ0v) is 13.9. The first-order valence-electron chi connectivity index (χ1n) is 7.57. The maximum absolute atomic E-state index is 11.5. The second-order valence-corrected chi connectivity index (χ2v) is 7.00. The first kappa shape index (κ1) is 18.8. The van der Waals surface area contributed by atoms with Crippen LogP contribution in [0.3, 0.4) is 0 Å². The Bertz CT molecular complexity index is 246. The zero-order chi connectivity index (χ0) is 14.7. The number of thioether (sulfide) groups is 1. The van der Waals surface area contributed by atoms with Gasteiger partial charge in [0, 0.05) is 6.04 Å². The summed E-state index contributed by atoms with van der Waals surface area (Å²) in [5.74, 6) is 2.22. The largest absolute Gasteiger partial charge is 0.368 e. The lowest BCUT2D eigenvalue weighted by atomic mass is 9.93. The fourth-order valence-electron chi connectivity index (χ4n) is 2.14. The van der Waals surface area contributed by atoms with E-state index in [4.69, 9.17) is 5.73 Å². The molecule has 0 aromatic carbocycles. The number of amides is 1. The zero-order valence-electron chi connectivity index (χ0n) is 13.1. The van der Waals surface area contributed by atoms with Crippen molar-refractivity contribution in [1.82, 2.24) is 5.32 Å². The van der Waals surface area contributed by atoms with Crippen molar-refractivity contribution in [2.24, 2.45) is 5.73 Å². The molecule has 0 aliphatic rings. The third kappa shape index (κ3) is 9.33. The van der Waals surface area contributed by atoms with Gasteiger partial charge in [-0.2, -0.15) is 11.8 Å². The number of unbranched alkanes of at least 4 members (excludes halogenated alkanes) is 3. The Labute approximate surface area is 123 Å². The van der Waals surface area contributed by atoms with Gasteiger partial charge in [-0.1, -0.05) is 26.2 Å². The number of primary amides is 1. The minimum absolute atomic E-state index is 0.239. The van der Waals surface area contributed by atoms with Crippen molar-refractivity contribution in [2.45, 2.75) is 77.8 Å². The highest BCUT2D eigenvalue weighted by Crippen LogP contribution is 2.17. The Morgan fingerprint density at radius 3 is 2.26 bits per heavy atom. The molecule has 0 aromatic heterocycles. The van der Waals surface area contributed by atoms with Crippen LogP contribution in [-0.4, -0.2) is 29.0 Å². The van der Waals surface area contributed by atoms with Gasteiger partial charge in [0.1, 0.15) is 0 Å². The number of nitrogens with one attached hydrogen (secondary N) is 1. The third-order valence-electron chi connectivity index (χ3n) is 3.26. The van der Waals surface area contributed by atoms with Crippen molar-refractivity contribution >= 4 is 17.7 Å². The molecule has 0 spiro atoms. The van der Waals surface area contributed by atoms with Crippen LogP contribution in [0.2, 0.25) is 0 Å². The minimum atomic E-state index is -0.555. The van der Waals surface area contributed by atoms with Crippen molar-refractivity contribution in [3.8, 4) is 0 Å². The van der Waals surface area contributed by atoms with Gasteiger partial charge in [-0.25, -0.2) is 0 Å². The average molecular weight is 289 g/mol. The fourth-order valence-corrected chi connectivity index (χ4v) is 3.16. The molecule has 3 nitrogen and oxygen atoms in total. The maximum atomic E-state index is 11.5. The second kappa shape index (κ2) is 10.6. The smallest absolute Gasteiger partial charge is 0.237 e. The number of carbonyl (C=O) groups is 1. The summed E-state index contributed by atoms with van der Waals surface area (Å²) in [6, 6.07) is 0.279. The average Bonchev–Trinajstić information content (AvgIpc) is 2.31. The van der Waals surface area contributed by atoms with Crippen LogP contribution in [0.5, 0.6) is 0 Å². The van der Waals surface area contributed by atoms with E-state index in [1.165, 1.54) is 37.2 Å². The van der Waals surface area contributed by atoms with E-state index in [2.05, 4.69) is 12.2 Å². The molecule has 0 aliphatic carbocycles. The summed E-state index contributed by atoms with van der Waals surface area (Å²) in [4.78, 5) is 11.5. The molecule has 1 amide bonds. The summed E-state index contributed by atoms with van der Waals surface area (Å²) in [6.45, 7) is 8.25. The number of hydrogen-bond donors (Lipinski definition) is 2. The third-order valence-corrected chi connectivity index (χ3v) is 4.41. The Balaban J connectivity index is 3.74. The highest BCUT2D eigenvalue weighted by Gasteiger charge is 2.30. The SMILES string of the molecule is CCCCCSCCCCC(C)(NC(C)C)C(N)=O. The van der Waals surface area contributed by atoms with Crippen molar-refractivity contribution in [1.29, 1.82) is 0 Å². The standard InChI is InChI=1S/C15H32N2OS/c1-5-6-8-11-19-12-9-7-10-15(4,14(16)18)17-13(2)3/h13,17H,5-12H2,1-4H3,(H2,16,18). The summed E-state index contributed by atoms with van der Waals surface area (Å²) in [6.07, 6.45) is 7.01. The highest BCUT2D eigenvalue weighted by molar-refractivity contribution is 7.99. The molecule has 1 unspecified atom stereocenters. The van der Waals surface area contributed by atoms with E-state index in [0.717, 1.165) is 12.8 Å². The normalized spacial score (nSPS) is 14.6. The van der Waals surface area contributed by atoms with E-state index < -0.39 is 5.54 Å². The van der Waals surface area contributed by atoms with Gasteiger partial charge in [-0.3, -0.25) is 4.79 Å². The number of rotatable bonds is 12. The van der Waals surface area contributed by atoms with Crippen molar-refractivity contribution in [2.75, 3.05) is 11.5 Å². The maximum Gasteiger partial charge on any atom is 0.237 e. The molecule has 19 heavy (non-hydrogen) atoms. The minimum Gasteiger partial charge on any atom is -0.368 e. The molecule has 0 rings (SSSR count). The van der Waals surface area contributed by atoms with Crippen molar-refractivity contribution in [3.05, 3.63) is 0 Å². The second-order valence-electron chi connectivity index (χ2n) is 5.77. The first-order valence-corrected chi connectivity index (χ1v) is 8.73. The molecule has 0 saturated carbocycles. The van der Waals surface area contributed by atoms with E-state index in [1.807, 2.05) is 32.5 Å². The fraction of sp³-hybridized carbons (Fsp3) is 0.933. The lowest BCUT2D eigenvalue weighted by molar-refractivity contribution is -0.124. The number of hydrogen-bond acceptors (Lipinski definition) is 3. The topological polar surface area (TPSA) is 55.1 Å². The molecule has 0 aliphatic heterocycles. The lowest BCUT2D eigenvalue weighted by Crippen LogP contribution is -2.55.